The van der Waals surface area contributed by atoms with E-state index in [2.05, 4.69) is 33.9 Å². The SMILES string of the molecule is CC(C)(C)OC(=O)N1C[C@H](O[Si](C)(C)C(C)(C)C)C[C@H]1C[C@@H](O)CN. The summed E-state index contributed by atoms with van der Waals surface area (Å²) in [6.07, 6.45) is 0.170. The van der Waals surface area contributed by atoms with Gasteiger partial charge in [-0.2, -0.15) is 0 Å². The summed E-state index contributed by atoms with van der Waals surface area (Å²) in [5, 5.41) is 10.1. The minimum absolute atomic E-state index is 0.0246. The van der Waals surface area contributed by atoms with E-state index >= 15 is 0 Å². The van der Waals surface area contributed by atoms with Crippen molar-refractivity contribution >= 4 is 14.4 Å². The highest BCUT2D eigenvalue weighted by Crippen LogP contribution is 2.39. The number of aliphatic hydroxyl groups is 1. The minimum Gasteiger partial charge on any atom is -0.444 e. The third-order valence-electron chi connectivity index (χ3n) is 5.09. The van der Waals surface area contributed by atoms with Crippen LogP contribution >= 0.6 is 0 Å². The molecule has 0 bridgehead atoms. The van der Waals surface area contributed by atoms with E-state index in [4.69, 9.17) is 14.9 Å². The third-order valence-corrected chi connectivity index (χ3v) is 9.62. The largest absolute Gasteiger partial charge is 0.444 e. The van der Waals surface area contributed by atoms with Crippen LogP contribution in [0.4, 0.5) is 4.79 Å². The minimum atomic E-state index is -1.92. The van der Waals surface area contributed by atoms with Crippen LogP contribution < -0.4 is 5.73 Å². The third kappa shape index (κ3) is 6.55. The van der Waals surface area contributed by atoms with Gasteiger partial charge in [-0.05, 0) is 51.7 Å². The summed E-state index contributed by atoms with van der Waals surface area (Å²) in [6.45, 7) is 17.3. The van der Waals surface area contributed by atoms with Crippen molar-refractivity contribution in [3.05, 3.63) is 0 Å². The van der Waals surface area contributed by atoms with Crippen LogP contribution in [0.25, 0.3) is 0 Å². The Morgan fingerprint density at radius 3 is 2.28 bits per heavy atom. The van der Waals surface area contributed by atoms with Gasteiger partial charge in [0.05, 0.1) is 12.2 Å². The number of carbonyl (C=O) groups excluding carboxylic acids is 1. The number of ether oxygens (including phenoxy) is 1. The van der Waals surface area contributed by atoms with Crippen molar-refractivity contribution in [3.63, 3.8) is 0 Å². The smallest absolute Gasteiger partial charge is 0.410 e. The number of carbonyl (C=O) groups is 1. The Morgan fingerprint density at radius 1 is 1.28 bits per heavy atom. The topological polar surface area (TPSA) is 85.0 Å². The molecule has 0 aromatic rings. The first kappa shape index (κ1) is 22.4. The quantitative estimate of drug-likeness (QED) is 0.722. The van der Waals surface area contributed by atoms with Gasteiger partial charge in [-0.1, -0.05) is 20.8 Å². The van der Waals surface area contributed by atoms with Crippen molar-refractivity contribution in [2.24, 2.45) is 5.73 Å². The van der Waals surface area contributed by atoms with Crippen molar-refractivity contribution in [3.8, 4) is 0 Å². The molecular weight excluding hydrogens is 336 g/mol. The van der Waals surface area contributed by atoms with Crippen LogP contribution in [0.2, 0.25) is 18.1 Å². The van der Waals surface area contributed by atoms with E-state index in [-0.39, 0.29) is 29.8 Å². The Morgan fingerprint density at radius 2 is 1.84 bits per heavy atom. The van der Waals surface area contributed by atoms with Gasteiger partial charge < -0.3 is 24.9 Å². The van der Waals surface area contributed by atoms with Crippen LogP contribution in [0.3, 0.4) is 0 Å². The Bertz CT molecular complexity index is 457. The second kappa shape index (κ2) is 7.94. The molecular formula is C18H38N2O4Si. The van der Waals surface area contributed by atoms with Crippen LogP contribution in [0, 0.1) is 0 Å². The molecule has 1 rings (SSSR count). The van der Waals surface area contributed by atoms with E-state index < -0.39 is 20.0 Å². The number of aliphatic hydroxyl groups excluding tert-OH is 1. The molecule has 0 saturated carbocycles. The van der Waals surface area contributed by atoms with E-state index in [0.717, 1.165) is 0 Å². The van der Waals surface area contributed by atoms with Crippen LogP contribution in [0.1, 0.15) is 54.4 Å². The summed E-state index contributed by atoms with van der Waals surface area (Å²) in [4.78, 5) is 14.3. The van der Waals surface area contributed by atoms with Gasteiger partial charge in [0.2, 0.25) is 0 Å². The Kier molecular flexibility index (Phi) is 7.12. The zero-order valence-electron chi connectivity index (χ0n) is 17.3. The number of nitrogens with zero attached hydrogens (tertiary/aromatic N) is 1. The number of nitrogens with two attached hydrogens (primary N) is 1. The van der Waals surface area contributed by atoms with Crippen molar-refractivity contribution in [2.75, 3.05) is 13.1 Å². The molecule has 7 heteroatoms. The molecule has 0 aromatic carbocycles. The second-order valence-corrected chi connectivity index (χ2v) is 14.4. The summed E-state index contributed by atoms with van der Waals surface area (Å²) in [5.41, 5.74) is 5.01. The highest BCUT2D eigenvalue weighted by Gasteiger charge is 2.44. The average Bonchev–Trinajstić information content (AvgIpc) is 2.77. The first-order chi connectivity index (χ1) is 11.2. The normalized spacial score (nSPS) is 23.7. The molecule has 148 valence electrons. The van der Waals surface area contributed by atoms with E-state index in [1.807, 2.05) is 20.8 Å². The summed E-state index contributed by atoms with van der Waals surface area (Å²) in [5.74, 6) is 0. The molecule has 0 spiro atoms. The van der Waals surface area contributed by atoms with Crippen LogP contribution in [-0.2, 0) is 9.16 Å². The van der Waals surface area contributed by atoms with E-state index in [1.54, 1.807) is 4.90 Å². The lowest BCUT2D eigenvalue weighted by atomic mass is 10.1. The van der Waals surface area contributed by atoms with E-state index in [0.29, 0.717) is 19.4 Å². The Labute approximate surface area is 154 Å². The molecule has 1 aliphatic heterocycles. The number of hydrogen-bond donors (Lipinski definition) is 2. The molecule has 0 aliphatic carbocycles. The predicted molar refractivity (Wildman–Crippen MR) is 103 cm³/mol. The van der Waals surface area contributed by atoms with Gasteiger partial charge in [0.25, 0.3) is 0 Å². The lowest BCUT2D eigenvalue weighted by Gasteiger charge is -2.38. The maximum atomic E-state index is 12.6. The zero-order valence-corrected chi connectivity index (χ0v) is 18.3. The fraction of sp³-hybridized carbons (Fsp3) is 0.944. The lowest BCUT2D eigenvalue weighted by molar-refractivity contribution is 0.0171. The van der Waals surface area contributed by atoms with Crippen molar-refractivity contribution in [1.82, 2.24) is 4.90 Å². The number of hydrogen-bond acceptors (Lipinski definition) is 5. The van der Waals surface area contributed by atoms with Gasteiger partial charge in [0, 0.05) is 19.1 Å². The average molecular weight is 375 g/mol. The molecule has 0 unspecified atom stereocenters. The molecule has 6 nitrogen and oxygen atoms in total. The van der Waals surface area contributed by atoms with Crippen molar-refractivity contribution < 1.29 is 19.1 Å². The summed E-state index contributed by atoms with van der Waals surface area (Å²) in [7, 11) is -1.92. The van der Waals surface area contributed by atoms with Gasteiger partial charge in [-0.25, -0.2) is 4.79 Å². The van der Waals surface area contributed by atoms with E-state index in [1.165, 1.54) is 0 Å². The summed E-state index contributed by atoms with van der Waals surface area (Å²) < 4.78 is 12.0. The lowest BCUT2D eigenvalue weighted by Crippen LogP contribution is -2.45. The fourth-order valence-electron chi connectivity index (χ4n) is 2.73. The molecule has 1 heterocycles. The van der Waals surface area contributed by atoms with Gasteiger partial charge in [0.1, 0.15) is 5.60 Å². The van der Waals surface area contributed by atoms with E-state index in [9.17, 15) is 9.90 Å². The number of likely N-dealkylation sites (tertiary alicyclic amines) is 1. The Hall–Kier alpha value is -0.633. The highest BCUT2D eigenvalue weighted by molar-refractivity contribution is 6.74. The van der Waals surface area contributed by atoms with Gasteiger partial charge in [0.15, 0.2) is 8.32 Å². The van der Waals surface area contributed by atoms with Crippen LogP contribution in [0.5, 0.6) is 0 Å². The Balaban J connectivity index is 2.88. The second-order valence-electron chi connectivity index (χ2n) is 9.65. The molecule has 1 fully saturated rings. The maximum Gasteiger partial charge on any atom is 0.410 e. The van der Waals surface area contributed by atoms with Crippen LogP contribution in [0.15, 0.2) is 0 Å². The maximum absolute atomic E-state index is 12.6. The molecule has 25 heavy (non-hydrogen) atoms. The molecule has 1 amide bonds. The summed E-state index contributed by atoms with van der Waals surface area (Å²) in [6, 6.07) is -0.108. The molecule has 0 aromatic heterocycles. The first-order valence-electron chi connectivity index (χ1n) is 9.22. The van der Waals surface area contributed by atoms with Gasteiger partial charge in [-0.3, -0.25) is 0 Å². The van der Waals surface area contributed by atoms with Crippen molar-refractivity contribution in [1.29, 1.82) is 0 Å². The number of amides is 1. The van der Waals surface area contributed by atoms with Gasteiger partial charge in [-0.15, -0.1) is 0 Å². The molecule has 1 saturated heterocycles. The molecule has 1 aliphatic rings. The standard InChI is InChI=1S/C18H38N2O4Si/c1-17(2,3)23-16(22)20-12-15(10-13(20)9-14(21)11-19)24-25(7,8)18(4,5)6/h13-15,21H,9-12,19H2,1-8H3/t13-,14-,15-/m1/s1. The molecule has 3 atom stereocenters. The van der Waals surface area contributed by atoms with Gasteiger partial charge >= 0.3 is 6.09 Å². The summed E-state index contributed by atoms with van der Waals surface area (Å²) >= 11 is 0. The fourth-order valence-corrected chi connectivity index (χ4v) is 4.09. The first-order valence-corrected chi connectivity index (χ1v) is 12.1. The number of rotatable bonds is 5. The predicted octanol–water partition coefficient (Wildman–Crippen LogP) is 3.10. The molecule has 3 N–H and O–H groups in total. The zero-order chi connectivity index (χ0) is 19.6. The highest BCUT2D eigenvalue weighted by atomic mass is 28.4. The molecule has 0 radical (unpaired) electrons. The van der Waals surface area contributed by atoms with Crippen LogP contribution in [-0.4, -0.2) is 61.4 Å². The monoisotopic (exact) mass is 374 g/mol. The van der Waals surface area contributed by atoms with Crippen molar-refractivity contribution in [2.45, 2.75) is 96.4 Å².